The summed E-state index contributed by atoms with van der Waals surface area (Å²) in [6.45, 7) is 0. The van der Waals surface area contributed by atoms with Gasteiger partial charge in [-0.3, -0.25) is 4.79 Å². The molecule has 0 amide bonds. The number of fused-ring (bicyclic) bond motifs is 1. The third-order valence-electron chi connectivity index (χ3n) is 3.00. The predicted molar refractivity (Wildman–Crippen MR) is 76.4 cm³/mol. The smallest absolute Gasteiger partial charge is 0.313 e. The van der Waals surface area contributed by atoms with Crippen molar-refractivity contribution in [2.24, 2.45) is 0 Å². The number of methoxy groups -OCH3 is 1. The van der Waals surface area contributed by atoms with Crippen LogP contribution >= 0.6 is 0 Å². The summed E-state index contributed by atoms with van der Waals surface area (Å²) < 4.78 is 6.21. The van der Waals surface area contributed by atoms with Crippen LogP contribution in [0.4, 0.5) is 5.69 Å². The van der Waals surface area contributed by atoms with Crippen LogP contribution in [0.1, 0.15) is 5.82 Å². The minimum absolute atomic E-state index is 0.0101. The number of hydrogen-bond acceptors (Lipinski definition) is 6. The van der Waals surface area contributed by atoms with E-state index in [1.165, 1.54) is 7.11 Å². The highest BCUT2D eigenvalue weighted by atomic mass is 16.5. The molecule has 0 bridgehead atoms. The maximum absolute atomic E-state index is 11.3. The Bertz CT molecular complexity index is 812. The van der Waals surface area contributed by atoms with Gasteiger partial charge >= 0.3 is 5.97 Å². The van der Waals surface area contributed by atoms with Gasteiger partial charge in [0.2, 0.25) is 0 Å². The molecule has 0 saturated carbocycles. The summed E-state index contributed by atoms with van der Waals surface area (Å²) >= 11 is 0. The van der Waals surface area contributed by atoms with Gasteiger partial charge in [-0.15, -0.1) is 5.10 Å². The monoisotopic (exact) mass is 283 g/mol. The second-order valence-electron chi connectivity index (χ2n) is 4.45. The van der Waals surface area contributed by atoms with Crippen LogP contribution in [0.3, 0.4) is 0 Å². The fraction of sp³-hybridized carbons (Fsp3) is 0.143. The second kappa shape index (κ2) is 5.20. The van der Waals surface area contributed by atoms with Crippen molar-refractivity contribution in [3.63, 3.8) is 0 Å². The number of ether oxygens (including phenoxy) is 1. The van der Waals surface area contributed by atoms with Crippen molar-refractivity contribution in [3.8, 4) is 11.3 Å². The number of rotatable bonds is 3. The second-order valence-corrected chi connectivity index (χ2v) is 4.45. The van der Waals surface area contributed by atoms with Crippen molar-refractivity contribution in [1.82, 2.24) is 19.6 Å². The third-order valence-corrected chi connectivity index (χ3v) is 3.00. The first-order valence-electron chi connectivity index (χ1n) is 6.31. The van der Waals surface area contributed by atoms with Crippen LogP contribution in [0.2, 0.25) is 0 Å². The lowest BCUT2D eigenvalue weighted by atomic mass is 10.1. The van der Waals surface area contributed by atoms with E-state index in [0.29, 0.717) is 17.3 Å². The van der Waals surface area contributed by atoms with Crippen molar-refractivity contribution in [1.29, 1.82) is 0 Å². The van der Waals surface area contributed by atoms with Gasteiger partial charge in [0.25, 0.3) is 5.78 Å². The molecular weight excluding hydrogens is 270 g/mol. The predicted octanol–water partition coefficient (Wildman–Crippen LogP) is 1.09. The van der Waals surface area contributed by atoms with Gasteiger partial charge in [-0.05, 0) is 18.2 Å². The van der Waals surface area contributed by atoms with Crippen LogP contribution < -0.4 is 5.73 Å². The van der Waals surface area contributed by atoms with Gasteiger partial charge in [-0.25, -0.2) is 4.98 Å². The number of nitrogen functional groups attached to an aromatic ring is 1. The summed E-state index contributed by atoms with van der Waals surface area (Å²) in [6, 6.07) is 9.26. The first-order valence-corrected chi connectivity index (χ1v) is 6.31. The number of aromatic nitrogens is 4. The number of nitrogens with zero attached hydrogens (tertiary/aromatic N) is 4. The highest BCUT2D eigenvalue weighted by Gasteiger charge is 2.13. The summed E-state index contributed by atoms with van der Waals surface area (Å²) in [6.07, 6.45) is 1.65. The molecule has 2 N–H and O–H groups in total. The Kier molecular flexibility index (Phi) is 3.23. The molecule has 0 aliphatic carbocycles. The highest BCUT2D eigenvalue weighted by molar-refractivity contribution is 5.71. The lowest BCUT2D eigenvalue weighted by Gasteiger charge is -2.04. The van der Waals surface area contributed by atoms with Gasteiger partial charge in [-0.1, -0.05) is 12.1 Å². The van der Waals surface area contributed by atoms with Crippen LogP contribution in [0.5, 0.6) is 0 Å². The lowest BCUT2D eigenvalue weighted by molar-refractivity contribution is -0.139. The highest BCUT2D eigenvalue weighted by Crippen LogP contribution is 2.21. The molecule has 1 aromatic carbocycles. The molecule has 0 unspecified atom stereocenters. The zero-order chi connectivity index (χ0) is 14.8. The minimum atomic E-state index is -0.392. The molecule has 0 radical (unpaired) electrons. The summed E-state index contributed by atoms with van der Waals surface area (Å²) in [4.78, 5) is 19.7. The number of esters is 1. The quantitative estimate of drug-likeness (QED) is 0.571. The molecule has 21 heavy (non-hydrogen) atoms. The normalized spacial score (nSPS) is 10.7. The average molecular weight is 283 g/mol. The first-order chi connectivity index (χ1) is 10.2. The van der Waals surface area contributed by atoms with Crippen LogP contribution in [0.25, 0.3) is 17.0 Å². The average Bonchev–Trinajstić information content (AvgIpc) is 2.89. The Morgan fingerprint density at radius 1 is 1.38 bits per heavy atom. The number of carbonyl (C=O) groups is 1. The van der Waals surface area contributed by atoms with Gasteiger partial charge in [0.05, 0.1) is 12.8 Å². The standard InChI is InChI=1S/C14H13N5O2/c1-21-13(20)8-12-17-14-16-6-5-11(19(14)18-12)9-3-2-4-10(15)7-9/h2-7H,8,15H2,1H3. The molecule has 0 aliphatic rings. The third kappa shape index (κ3) is 2.53. The Balaban J connectivity index is 2.09. The Labute approximate surface area is 120 Å². The molecule has 0 atom stereocenters. The molecule has 0 aliphatic heterocycles. The van der Waals surface area contributed by atoms with Gasteiger partial charge in [-0.2, -0.15) is 9.50 Å². The van der Waals surface area contributed by atoms with E-state index in [1.807, 2.05) is 30.3 Å². The molecule has 106 valence electrons. The van der Waals surface area contributed by atoms with Crippen LogP contribution in [0.15, 0.2) is 36.5 Å². The topological polar surface area (TPSA) is 95.4 Å². The molecule has 7 nitrogen and oxygen atoms in total. The Hall–Kier alpha value is -2.96. The van der Waals surface area contributed by atoms with E-state index in [-0.39, 0.29) is 6.42 Å². The van der Waals surface area contributed by atoms with Crippen molar-refractivity contribution in [3.05, 3.63) is 42.4 Å². The molecule has 2 aromatic heterocycles. The number of anilines is 1. The van der Waals surface area contributed by atoms with Crippen LogP contribution in [0, 0.1) is 0 Å². The van der Waals surface area contributed by atoms with E-state index in [9.17, 15) is 4.79 Å². The maximum atomic E-state index is 11.3. The Morgan fingerprint density at radius 3 is 3.00 bits per heavy atom. The van der Waals surface area contributed by atoms with E-state index in [2.05, 4.69) is 19.8 Å². The molecule has 0 spiro atoms. The van der Waals surface area contributed by atoms with E-state index in [1.54, 1.807) is 10.7 Å². The maximum Gasteiger partial charge on any atom is 0.313 e. The minimum Gasteiger partial charge on any atom is -0.469 e. The first kappa shape index (κ1) is 13.0. The van der Waals surface area contributed by atoms with Crippen LogP contribution in [-0.2, 0) is 16.0 Å². The fourth-order valence-corrected chi connectivity index (χ4v) is 2.03. The molecule has 0 fully saturated rings. The van der Waals surface area contributed by atoms with Gasteiger partial charge in [0, 0.05) is 17.4 Å². The number of hydrogen-bond donors (Lipinski definition) is 1. The van der Waals surface area contributed by atoms with Crippen molar-refractivity contribution in [2.45, 2.75) is 6.42 Å². The molecule has 7 heteroatoms. The van der Waals surface area contributed by atoms with E-state index < -0.39 is 5.97 Å². The van der Waals surface area contributed by atoms with Gasteiger partial charge < -0.3 is 10.5 Å². The van der Waals surface area contributed by atoms with E-state index in [0.717, 1.165) is 11.3 Å². The van der Waals surface area contributed by atoms with Crippen LogP contribution in [-0.4, -0.2) is 32.7 Å². The number of nitrogens with two attached hydrogens (primary N) is 1. The summed E-state index contributed by atoms with van der Waals surface area (Å²) in [5, 5.41) is 4.31. The van der Waals surface area contributed by atoms with Crippen molar-refractivity contribution < 1.29 is 9.53 Å². The molecule has 0 saturated heterocycles. The summed E-state index contributed by atoms with van der Waals surface area (Å²) in [5.41, 5.74) is 8.17. The van der Waals surface area contributed by atoms with Crippen molar-refractivity contribution >= 4 is 17.4 Å². The molecule has 2 heterocycles. The van der Waals surface area contributed by atoms with Gasteiger partial charge in [0.1, 0.15) is 6.42 Å². The number of carbonyl (C=O) groups excluding carboxylic acids is 1. The molecule has 3 rings (SSSR count). The summed E-state index contributed by atoms with van der Waals surface area (Å²) in [5.74, 6) is 0.399. The van der Waals surface area contributed by atoms with E-state index >= 15 is 0 Å². The largest absolute Gasteiger partial charge is 0.469 e. The van der Waals surface area contributed by atoms with Crippen molar-refractivity contribution in [2.75, 3.05) is 12.8 Å². The zero-order valence-corrected chi connectivity index (χ0v) is 11.4. The van der Waals surface area contributed by atoms with Gasteiger partial charge in [0.15, 0.2) is 5.82 Å². The molecule has 3 aromatic rings. The summed E-state index contributed by atoms with van der Waals surface area (Å²) in [7, 11) is 1.33. The zero-order valence-electron chi connectivity index (χ0n) is 11.4. The lowest BCUT2D eigenvalue weighted by Crippen LogP contribution is -2.06. The van der Waals surface area contributed by atoms with E-state index in [4.69, 9.17) is 5.73 Å². The molecular formula is C14H13N5O2. The number of benzene rings is 1. The Morgan fingerprint density at radius 2 is 2.24 bits per heavy atom. The SMILES string of the molecule is COC(=O)Cc1nc2nccc(-c3cccc(N)c3)n2n1. The fourth-order valence-electron chi connectivity index (χ4n) is 2.03.